The van der Waals surface area contributed by atoms with Crippen LogP contribution in [-0.4, -0.2) is 28.6 Å². The van der Waals surface area contributed by atoms with Crippen molar-refractivity contribution in [1.29, 1.82) is 0 Å². The number of benzene rings is 1. The number of carbonyl (C=O) groups is 1. The minimum absolute atomic E-state index is 0.00219. The second-order valence-corrected chi connectivity index (χ2v) is 5.19. The summed E-state index contributed by atoms with van der Waals surface area (Å²) in [5.41, 5.74) is 6.55. The third-order valence-electron chi connectivity index (χ3n) is 2.76. The number of nitrogens with zero attached hydrogens (tertiary/aromatic N) is 3. The molecule has 0 aliphatic heterocycles. The zero-order chi connectivity index (χ0) is 16.8. The first-order valence-electron chi connectivity index (χ1n) is 6.35. The van der Waals surface area contributed by atoms with E-state index in [4.69, 9.17) is 5.73 Å². The molecule has 0 spiro atoms. The number of oxime groups is 1. The monoisotopic (exact) mass is 335 g/mol. The topological polar surface area (TPSA) is 133 Å². The Bertz CT molecular complexity index is 741. The largest absolute Gasteiger partial charge is 0.398 e. The summed E-state index contributed by atoms with van der Waals surface area (Å²) in [7, 11) is 1.32. The summed E-state index contributed by atoms with van der Waals surface area (Å²) in [5.74, 6) is -0.490. The number of hydrogen-bond donors (Lipinski definition) is 2. The third kappa shape index (κ3) is 4.23. The zero-order valence-electron chi connectivity index (χ0n) is 12.1. The molecule has 9 nitrogen and oxygen atoms in total. The number of anilines is 1. The van der Waals surface area contributed by atoms with Crippen molar-refractivity contribution in [3.05, 3.63) is 51.0 Å². The fourth-order valence-corrected chi connectivity index (χ4v) is 2.24. The van der Waals surface area contributed by atoms with Crippen LogP contribution in [0.1, 0.15) is 11.3 Å². The van der Waals surface area contributed by atoms with Crippen LogP contribution in [-0.2, 0) is 16.2 Å². The molecule has 0 fully saturated rings. The van der Waals surface area contributed by atoms with Gasteiger partial charge in [0.2, 0.25) is 0 Å². The molecule has 120 valence electrons. The number of nitrogen functional groups attached to an aromatic ring is 1. The van der Waals surface area contributed by atoms with E-state index >= 15 is 0 Å². The van der Waals surface area contributed by atoms with E-state index in [2.05, 4.69) is 20.3 Å². The minimum atomic E-state index is -0.490. The van der Waals surface area contributed by atoms with Crippen LogP contribution in [0.5, 0.6) is 0 Å². The Morgan fingerprint density at radius 3 is 2.70 bits per heavy atom. The first-order valence-corrected chi connectivity index (χ1v) is 7.23. The zero-order valence-corrected chi connectivity index (χ0v) is 12.9. The Kier molecular flexibility index (Phi) is 5.20. The first kappa shape index (κ1) is 16.4. The average molecular weight is 335 g/mol. The van der Waals surface area contributed by atoms with E-state index in [-0.39, 0.29) is 17.9 Å². The molecule has 0 unspecified atom stereocenters. The van der Waals surface area contributed by atoms with Gasteiger partial charge < -0.3 is 15.9 Å². The molecule has 1 heterocycles. The molecular weight excluding hydrogens is 322 g/mol. The predicted octanol–water partition coefficient (Wildman–Crippen LogP) is 1.30. The summed E-state index contributed by atoms with van der Waals surface area (Å²) in [6, 6.07) is 5.86. The number of amides is 1. The number of nitro groups is 1. The Morgan fingerprint density at radius 2 is 2.17 bits per heavy atom. The first-order chi connectivity index (χ1) is 11.0. The van der Waals surface area contributed by atoms with Gasteiger partial charge in [0.05, 0.1) is 4.92 Å². The van der Waals surface area contributed by atoms with Gasteiger partial charge >= 0.3 is 0 Å². The van der Waals surface area contributed by atoms with Crippen molar-refractivity contribution in [3.63, 3.8) is 0 Å². The van der Waals surface area contributed by atoms with Crippen LogP contribution in [0.2, 0.25) is 0 Å². The van der Waals surface area contributed by atoms with E-state index in [1.54, 1.807) is 17.5 Å². The Labute approximate surface area is 134 Å². The van der Waals surface area contributed by atoms with Crippen LogP contribution in [0.15, 0.2) is 34.8 Å². The van der Waals surface area contributed by atoms with Gasteiger partial charge in [0.15, 0.2) is 10.8 Å². The highest BCUT2D eigenvalue weighted by molar-refractivity contribution is 7.13. The molecule has 3 N–H and O–H groups in total. The number of nitrogens with one attached hydrogen (secondary N) is 1. The molecule has 23 heavy (non-hydrogen) atoms. The van der Waals surface area contributed by atoms with Gasteiger partial charge in [-0.15, -0.1) is 11.3 Å². The number of aromatic nitrogens is 1. The number of nitro benzene ring substituents is 1. The summed E-state index contributed by atoms with van der Waals surface area (Å²) in [5, 5.41) is 18.8. The van der Waals surface area contributed by atoms with Gasteiger partial charge in [-0.2, -0.15) is 0 Å². The molecule has 10 heteroatoms. The number of hydrogen-bond acceptors (Lipinski definition) is 8. The van der Waals surface area contributed by atoms with Gasteiger partial charge in [0.25, 0.3) is 11.6 Å². The summed E-state index contributed by atoms with van der Waals surface area (Å²) < 4.78 is 0. The maximum Gasteiger partial charge on any atom is 0.275 e. The maximum atomic E-state index is 12.2. The SMILES string of the molecule is CO/N=C(\C(=O)NCc1ccc([N+](=O)[O-])cc1)c1csc(N)n1. The molecule has 2 rings (SSSR count). The van der Waals surface area contributed by atoms with E-state index in [1.165, 1.54) is 30.6 Å². The molecule has 1 aromatic carbocycles. The highest BCUT2D eigenvalue weighted by Gasteiger charge is 2.18. The Hall–Kier alpha value is -3.01. The molecule has 2 aromatic rings. The lowest BCUT2D eigenvalue weighted by molar-refractivity contribution is -0.384. The molecule has 0 atom stereocenters. The number of non-ortho nitro benzene ring substituents is 1. The summed E-state index contributed by atoms with van der Waals surface area (Å²) in [6.07, 6.45) is 0. The van der Waals surface area contributed by atoms with E-state index in [9.17, 15) is 14.9 Å². The third-order valence-corrected chi connectivity index (χ3v) is 3.44. The standard InChI is InChI=1S/C13H13N5O4S/c1-22-17-11(10-7-23-13(14)16-10)12(19)15-6-8-2-4-9(5-3-8)18(20)21/h2-5,7H,6H2,1H3,(H2,14,16)(H,15,19)/b17-11-. The van der Waals surface area contributed by atoms with E-state index in [0.29, 0.717) is 16.4 Å². The number of thiazole rings is 1. The van der Waals surface area contributed by atoms with Crippen LogP contribution in [0.3, 0.4) is 0 Å². The van der Waals surface area contributed by atoms with E-state index in [1.807, 2.05) is 0 Å². The number of rotatable bonds is 6. The second-order valence-electron chi connectivity index (χ2n) is 4.30. The molecule has 1 amide bonds. The Morgan fingerprint density at radius 1 is 1.48 bits per heavy atom. The predicted molar refractivity (Wildman–Crippen MR) is 85.0 cm³/mol. The maximum absolute atomic E-state index is 12.2. The Balaban J connectivity index is 2.04. The molecular formula is C13H13N5O4S. The summed E-state index contributed by atoms with van der Waals surface area (Å²) >= 11 is 1.18. The van der Waals surface area contributed by atoms with Crippen LogP contribution < -0.4 is 11.1 Å². The fraction of sp³-hybridized carbons (Fsp3) is 0.154. The van der Waals surface area contributed by atoms with E-state index in [0.717, 1.165) is 0 Å². The summed E-state index contributed by atoms with van der Waals surface area (Å²) in [4.78, 5) is 30.9. The quantitative estimate of drug-likeness (QED) is 0.464. The lowest BCUT2D eigenvalue weighted by Crippen LogP contribution is -2.31. The molecule has 0 radical (unpaired) electrons. The number of carbonyl (C=O) groups excluding carboxylic acids is 1. The van der Waals surface area contributed by atoms with Crippen LogP contribution in [0.25, 0.3) is 0 Å². The van der Waals surface area contributed by atoms with Crippen molar-refractivity contribution in [1.82, 2.24) is 10.3 Å². The van der Waals surface area contributed by atoms with Crippen molar-refractivity contribution in [2.45, 2.75) is 6.54 Å². The molecule has 0 bridgehead atoms. The molecule has 0 saturated heterocycles. The van der Waals surface area contributed by atoms with Crippen LogP contribution >= 0.6 is 11.3 Å². The van der Waals surface area contributed by atoms with Crippen molar-refractivity contribution in [2.75, 3.05) is 12.8 Å². The molecule has 1 aromatic heterocycles. The van der Waals surface area contributed by atoms with Crippen molar-refractivity contribution in [2.24, 2.45) is 5.16 Å². The average Bonchev–Trinajstić information content (AvgIpc) is 2.96. The van der Waals surface area contributed by atoms with Crippen LogP contribution in [0, 0.1) is 10.1 Å². The number of nitrogens with two attached hydrogens (primary N) is 1. The molecule has 0 aliphatic rings. The second kappa shape index (κ2) is 7.31. The lowest BCUT2D eigenvalue weighted by Gasteiger charge is -2.06. The smallest absolute Gasteiger partial charge is 0.275 e. The minimum Gasteiger partial charge on any atom is -0.398 e. The van der Waals surface area contributed by atoms with Gasteiger partial charge in [-0.25, -0.2) is 4.98 Å². The molecule has 0 aliphatic carbocycles. The van der Waals surface area contributed by atoms with Gasteiger partial charge in [-0.05, 0) is 5.56 Å². The van der Waals surface area contributed by atoms with Crippen molar-refractivity contribution in [3.8, 4) is 0 Å². The van der Waals surface area contributed by atoms with Gasteiger partial charge in [0.1, 0.15) is 12.8 Å². The highest BCUT2D eigenvalue weighted by atomic mass is 32.1. The van der Waals surface area contributed by atoms with Gasteiger partial charge in [-0.1, -0.05) is 17.3 Å². The van der Waals surface area contributed by atoms with Gasteiger partial charge in [-0.3, -0.25) is 14.9 Å². The fourth-order valence-electron chi connectivity index (χ4n) is 1.69. The van der Waals surface area contributed by atoms with Crippen molar-refractivity contribution < 1.29 is 14.6 Å². The normalized spacial score (nSPS) is 11.1. The van der Waals surface area contributed by atoms with Crippen molar-refractivity contribution >= 4 is 33.8 Å². The lowest BCUT2D eigenvalue weighted by atomic mass is 10.2. The van der Waals surface area contributed by atoms with Crippen LogP contribution in [0.4, 0.5) is 10.8 Å². The van der Waals surface area contributed by atoms with Gasteiger partial charge in [0, 0.05) is 24.1 Å². The summed E-state index contributed by atoms with van der Waals surface area (Å²) in [6.45, 7) is 0.180. The highest BCUT2D eigenvalue weighted by Crippen LogP contribution is 2.13. The molecule has 0 saturated carbocycles. The van der Waals surface area contributed by atoms with E-state index < -0.39 is 10.8 Å².